The lowest BCUT2D eigenvalue weighted by molar-refractivity contribution is -0.119. The van der Waals surface area contributed by atoms with Crippen LogP contribution in [-0.4, -0.2) is 45.7 Å². The molecule has 24 heavy (non-hydrogen) atoms. The third-order valence-electron chi connectivity index (χ3n) is 3.76. The maximum atomic E-state index is 12.0. The fourth-order valence-corrected chi connectivity index (χ4v) is 3.49. The molecule has 2 heterocycles. The van der Waals surface area contributed by atoms with Gasteiger partial charge in [0.2, 0.25) is 5.91 Å². The maximum absolute atomic E-state index is 12.0. The smallest absolute Gasteiger partial charge is 0.230 e. The average Bonchev–Trinajstić information content (AvgIpc) is 3.22. The molecule has 1 atom stereocenters. The number of carbonyl (C=O) groups excluding carboxylic acids is 1. The number of ether oxygens (including phenoxy) is 1. The van der Waals surface area contributed by atoms with Gasteiger partial charge in [-0.25, -0.2) is 0 Å². The SMILES string of the molecule is Cc1nnc(SCC(=O)NCC2CCCO2)n1-c1ccc(Cl)cc1. The number of hydrogen-bond acceptors (Lipinski definition) is 5. The summed E-state index contributed by atoms with van der Waals surface area (Å²) in [5, 5.41) is 12.5. The van der Waals surface area contributed by atoms with E-state index in [1.807, 2.05) is 35.8 Å². The Morgan fingerprint density at radius 3 is 2.92 bits per heavy atom. The first-order valence-corrected chi connectivity index (χ1v) is 9.19. The second-order valence-electron chi connectivity index (χ2n) is 5.57. The van der Waals surface area contributed by atoms with E-state index < -0.39 is 0 Å². The Bertz CT molecular complexity index is 699. The van der Waals surface area contributed by atoms with E-state index in [9.17, 15) is 4.79 Å². The monoisotopic (exact) mass is 366 g/mol. The zero-order chi connectivity index (χ0) is 16.9. The topological polar surface area (TPSA) is 69.0 Å². The molecule has 0 bridgehead atoms. The van der Waals surface area contributed by atoms with Gasteiger partial charge in [-0.05, 0) is 44.0 Å². The van der Waals surface area contributed by atoms with Gasteiger partial charge in [0.05, 0.1) is 11.9 Å². The molecule has 0 spiro atoms. The Morgan fingerprint density at radius 2 is 2.21 bits per heavy atom. The first kappa shape index (κ1) is 17.3. The number of nitrogens with zero attached hydrogens (tertiary/aromatic N) is 3. The molecule has 1 saturated heterocycles. The lowest BCUT2D eigenvalue weighted by Crippen LogP contribution is -2.32. The highest BCUT2D eigenvalue weighted by Crippen LogP contribution is 2.22. The lowest BCUT2D eigenvalue weighted by Gasteiger charge is -2.11. The number of carbonyl (C=O) groups is 1. The highest BCUT2D eigenvalue weighted by Gasteiger charge is 2.17. The van der Waals surface area contributed by atoms with Crippen molar-refractivity contribution in [1.82, 2.24) is 20.1 Å². The van der Waals surface area contributed by atoms with Crippen LogP contribution in [-0.2, 0) is 9.53 Å². The van der Waals surface area contributed by atoms with Crippen LogP contribution in [0.3, 0.4) is 0 Å². The van der Waals surface area contributed by atoms with Crippen LogP contribution >= 0.6 is 23.4 Å². The van der Waals surface area contributed by atoms with Crippen molar-refractivity contribution in [2.75, 3.05) is 18.9 Å². The number of halogens is 1. The molecule has 0 aliphatic carbocycles. The molecular weight excluding hydrogens is 348 g/mol. The van der Waals surface area contributed by atoms with Crippen LogP contribution < -0.4 is 5.32 Å². The predicted molar refractivity (Wildman–Crippen MR) is 93.8 cm³/mol. The van der Waals surface area contributed by atoms with Gasteiger partial charge in [-0.2, -0.15) is 0 Å². The molecule has 0 saturated carbocycles. The minimum absolute atomic E-state index is 0.0289. The summed E-state index contributed by atoms with van der Waals surface area (Å²) in [6.07, 6.45) is 2.23. The lowest BCUT2D eigenvalue weighted by atomic mass is 10.2. The summed E-state index contributed by atoms with van der Waals surface area (Å²) >= 11 is 7.30. The van der Waals surface area contributed by atoms with E-state index >= 15 is 0 Å². The summed E-state index contributed by atoms with van der Waals surface area (Å²) < 4.78 is 7.41. The van der Waals surface area contributed by atoms with E-state index in [0.717, 1.165) is 31.0 Å². The summed E-state index contributed by atoms with van der Waals surface area (Å²) in [6.45, 7) is 3.24. The van der Waals surface area contributed by atoms with Crippen LogP contribution in [0, 0.1) is 6.92 Å². The van der Waals surface area contributed by atoms with Crippen molar-refractivity contribution in [2.24, 2.45) is 0 Å². The maximum Gasteiger partial charge on any atom is 0.230 e. The molecule has 1 N–H and O–H groups in total. The number of benzene rings is 1. The Hall–Kier alpha value is -1.57. The van der Waals surface area contributed by atoms with Crippen LogP contribution in [0.5, 0.6) is 0 Å². The minimum Gasteiger partial charge on any atom is -0.376 e. The number of hydrogen-bond donors (Lipinski definition) is 1. The fourth-order valence-electron chi connectivity index (χ4n) is 2.54. The molecule has 3 rings (SSSR count). The summed E-state index contributed by atoms with van der Waals surface area (Å²) in [4.78, 5) is 12.0. The number of thioether (sulfide) groups is 1. The largest absolute Gasteiger partial charge is 0.376 e. The molecule has 1 aliphatic heterocycles. The highest BCUT2D eigenvalue weighted by molar-refractivity contribution is 7.99. The molecule has 2 aromatic rings. The Labute approximate surface area is 149 Å². The first-order chi connectivity index (χ1) is 11.6. The number of amides is 1. The third kappa shape index (κ3) is 4.28. The Morgan fingerprint density at radius 1 is 1.42 bits per heavy atom. The van der Waals surface area contributed by atoms with Gasteiger partial charge in [-0.15, -0.1) is 10.2 Å². The first-order valence-electron chi connectivity index (χ1n) is 7.82. The van der Waals surface area contributed by atoms with E-state index in [2.05, 4.69) is 15.5 Å². The van der Waals surface area contributed by atoms with E-state index in [1.165, 1.54) is 11.8 Å². The Balaban J connectivity index is 1.59. The molecule has 128 valence electrons. The molecular formula is C16H19ClN4O2S. The van der Waals surface area contributed by atoms with Gasteiger partial charge in [0.1, 0.15) is 5.82 Å². The molecule has 1 fully saturated rings. The standard InChI is InChI=1S/C16H19ClN4O2S/c1-11-19-20-16(21(11)13-6-4-12(17)5-7-13)24-10-15(22)18-9-14-3-2-8-23-14/h4-7,14H,2-3,8-10H2,1H3,(H,18,22). The van der Waals surface area contributed by atoms with Crippen LogP contribution in [0.4, 0.5) is 0 Å². The predicted octanol–water partition coefficient (Wildman–Crippen LogP) is 2.62. The van der Waals surface area contributed by atoms with Crippen LogP contribution in [0.1, 0.15) is 18.7 Å². The molecule has 1 aliphatic rings. The van der Waals surface area contributed by atoms with Crippen molar-refractivity contribution >= 4 is 29.3 Å². The van der Waals surface area contributed by atoms with E-state index in [1.54, 1.807) is 0 Å². The zero-order valence-corrected chi connectivity index (χ0v) is 14.9. The summed E-state index contributed by atoms with van der Waals surface area (Å²) in [6, 6.07) is 7.44. The molecule has 1 amide bonds. The van der Waals surface area contributed by atoms with Crippen molar-refractivity contribution in [3.8, 4) is 5.69 Å². The van der Waals surface area contributed by atoms with Crippen molar-refractivity contribution in [3.05, 3.63) is 35.1 Å². The van der Waals surface area contributed by atoms with Gasteiger partial charge in [-0.3, -0.25) is 9.36 Å². The van der Waals surface area contributed by atoms with Crippen molar-refractivity contribution < 1.29 is 9.53 Å². The van der Waals surface area contributed by atoms with Gasteiger partial charge in [0.15, 0.2) is 5.16 Å². The molecule has 8 heteroatoms. The van der Waals surface area contributed by atoms with Gasteiger partial charge in [0.25, 0.3) is 0 Å². The fraction of sp³-hybridized carbons (Fsp3) is 0.438. The quantitative estimate of drug-likeness (QED) is 0.796. The normalized spacial score (nSPS) is 17.2. The van der Waals surface area contributed by atoms with Crippen LogP contribution in [0.25, 0.3) is 5.69 Å². The van der Waals surface area contributed by atoms with Gasteiger partial charge in [-0.1, -0.05) is 23.4 Å². The highest BCUT2D eigenvalue weighted by atomic mass is 35.5. The second-order valence-corrected chi connectivity index (χ2v) is 6.95. The third-order valence-corrected chi connectivity index (χ3v) is 4.94. The van der Waals surface area contributed by atoms with E-state index in [-0.39, 0.29) is 12.0 Å². The number of rotatable bonds is 6. The van der Waals surface area contributed by atoms with Crippen LogP contribution in [0.15, 0.2) is 29.4 Å². The molecule has 1 aromatic heterocycles. The van der Waals surface area contributed by atoms with Gasteiger partial charge < -0.3 is 10.1 Å². The zero-order valence-electron chi connectivity index (χ0n) is 13.4. The van der Waals surface area contributed by atoms with Crippen LogP contribution in [0.2, 0.25) is 5.02 Å². The summed E-state index contributed by atoms with van der Waals surface area (Å²) in [5.74, 6) is 1.02. The molecule has 0 radical (unpaired) electrons. The summed E-state index contributed by atoms with van der Waals surface area (Å²) in [5.41, 5.74) is 0.921. The number of aryl methyl sites for hydroxylation is 1. The van der Waals surface area contributed by atoms with Crippen molar-refractivity contribution in [1.29, 1.82) is 0 Å². The molecule has 1 aromatic carbocycles. The molecule has 6 nitrogen and oxygen atoms in total. The van der Waals surface area contributed by atoms with Crippen molar-refractivity contribution in [3.63, 3.8) is 0 Å². The second kappa shape index (κ2) is 8.00. The Kier molecular flexibility index (Phi) is 5.76. The van der Waals surface area contributed by atoms with E-state index in [0.29, 0.717) is 22.5 Å². The number of aromatic nitrogens is 3. The summed E-state index contributed by atoms with van der Waals surface area (Å²) in [7, 11) is 0. The average molecular weight is 367 g/mol. The van der Waals surface area contributed by atoms with Crippen molar-refractivity contribution in [2.45, 2.75) is 31.0 Å². The van der Waals surface area contributed by atoms with Gasteiger partial charge >= 0.3 is 0 Å². The van der Waals surface area contributed by atoms with Gasteiger partial charge in [0, 0.05) is 23.9 Å². The minimum atomic E-state index is -0.0289. The molecule has 1 unspecified atom stereocenters. The number of nitrogens with one attached hydrogen (secondary N) is 1. The van der Waals surface area contributed by atoms with E-state index in [4.69, 9.17) is 16.3 Å².